The molecule has 0 spiro atoms. The van der Waals surface area contributed by atoms with E-state index in [1.807, 2.05) is 6.08 Å². The molecular formula is C72H137NO10. The second-order valence-corrected chi connectivity index (χ2v) is 25.3. The van der Waals surface area contributed by atoms with Crippen LogP contribution in [0.1, 0.15) is 361 Å². The van der Waals surface area contributed by atoms with E-state index in [-0.39, 0.29) is 18.5 Å². The number of carbonyl (C=O) groups is 2. The summed E-state index contributed by atoms with van der Waals surface area (Å²) in [7, 11) is 0. The van der Waals surface area contributed by atoms with Crippen LogP contribution in [0, 0.1) is 0 Å². The summed E-state index contributed by atoms with van der Waals surface area (Å²) in [5, 5.41) is 54.3. The highest BCUT2D eigenvalue weighted by Gasteiger charge is 2.44. The molecule has 0 bridgehead atoms. The van der Waals surface area contributed by atoms with Gasteiger partial charge in [0.25, 0.3) is 0 Å². The van der Waals surface area contributed by atoms with E-state index in [0.29, 0.717) is 19.4 Å². The molecule has 7 unspecified atom stereocenters. The summed E-state index contributed by atoms with van der Waals surface area (Å²) in [4.78, 5) is 25.1. The Balaban J connectivity index is 1.89. The van der Waals surface area contributed by atoms with Gasteiger partial charge in [-0.15, -0.1) is 0 Å². The first kappa shape index (κ1) is 79.2. The number of allylic oxidation sites excluding steroid dienone is 3. The number of esters is 1. The number of hydrogen-bond acceptors (Lipinski definition) is 10. The molecule has 0 radical (unpaired) electrons. The molecular weight excluding hydrogens is 1040 g/mol. The molecule has 7 atom stereocenters. The smallest absolute Gasteiger partial charge is 0.305 e. The zero-order valence-corrected chi connectivity index (χ0v) is 54.4. The third-order valence-corrected chi connectivity index (χ3v) is 17.3. The number of unbranched alkanes of at least 4 members (excludes halogenated alkanes) is 48. The van der Waals surface area contributed by atoms with Crippen molar-refractivity contribution in [3.8, 4) is 0 Å². The minimum absolute atomic E-state index is 0.00803. The quantitative estimate of drug-likeness (QED) is 0.0195. The average Bonchev–Trinajstić information content (AvgIpc) is 3.57. The SMILES string of the molecule is CCCCCCCC/C=C\CCCCCCCCCC(=O)OCCCCCCCCCCCCCCCCCCCCCCCCCCCCCCCC(=O)NC(COC1OC(CO)C(O)C(O)C1O)C(O)/C=C/CCCCCCCCC. The van der Waals surface area contributed by atoms with Crippen molar-refractivity contribution in [2.45, 2.75) is 403 Å². The van der Waals surface area contributed by atoms with Gasteiger partial charge in [-0.3, -0.25) is 9.59 Å². The number of aliphatic hydroxyl groups excluding tert-OH is 5. The molecule has 1 saturated heterocycles. The standard InChI is InChI=1S/C72H137NO10/c1-3-5-7-9-11-13-14-15-16-30-34-37-40-44-48-52-56-60-68(77)81-61-57-53-49-45-41-38-35-32-29-27-25-23-21-19-17-18-20-22-24-26-28-31-33-36-39-43-47-51-55-59-67(76)73-64(65(75)58-54-50-46-42-12-10-8-6-4-2)63-82-72-71(80)70(79)69(78)66(62-74)83-72/h15-16,54,58,64-66,69-72,74-75,78-80H,3-14,17-53,55-57,59-63H2,1-2H3,(H,73,76)/b16-15-,58-54+. The Kier molecular flexibility index (Phi) is 58.9. The van der Waals surface area contributed by atoms with Crippen LogP contribution in [0.15, 0.2) is 24.3 Å². The van der Waals surface area contributed by atoms with E-state index in [0.717, 1.165) is 57.8 Å². The van der Waals surface area contributed by atoms with Gasteiger partial charge < -0.3 is 45.1 Å². The molecule has 1 amide bonds. The fraction of sp³-hybridized carbons (Fsp3) is 0.917. The maximum atomic E-state index is 13.0. The molecule has 1 rings (SSSR count). The van der Waals surface area contributed by atoms with E-state index in [1.165, 1.54) is 276 Å². The van der Waals surface area contributed by atoms with Crippen LogP contribution in [-0.4, -0.2) is 100 Å². The topological polar surface area (TPSA) is 175 Å². The Morgan fingerprint density at radius 3 is 1.16 bits per heavy atom. The molecule has 1 aliphatic heterocycles. The van der Waals surface area contributed by atoms with Gasteiger partial charge in [-0.05, 0) is 57.8 Å². The van der Waals surface area contributed by atoms with Gasteiger partial charge in [0.2, 0.25) is 5.91 Å². The molecule has 0 aromatic carbocycles. The predicted molar refractivity (Wildman–Crippen MR) is 348 cm³/mol. The first-order valence-corrected chi connectivity index (χ1v) is 36.1. The van der Waals surface area contributed by atoms with Crippen LogP contribution < -0.4 is 5.32 Å². The maximum absolute atomic E-state index is 13.0. The molecule has 83 heavy (non-hydrogen) atoms. The van der Waals surface area contributed by atoms with Crippen LogP contribution in [0.3, 0.4) is 0 Å². The number of rotatable bonds is 64. The summed E-state index contributed by atoms with van der Waals surface area (Å²) < 4.78 is 16.7. The number of carbonyl (C=O) groups excluding carboxylic acids is 2. The van der Waals surface area contributed by atoms with E-state index in [2.05, 4.69) is 31.3 Å². The fourth-order valence-corrected chi connectivity index (χ4v) is 11.6. The Hall–Kier alpha value is -1.86. The van der Waals surface area contributed by atoms with Crippen molar-refractivity contribution < 1.29 is 49.3 Å². The van der Waals surface area contributed by atoms with Crippen LogP contribution in [-0.2, 0) is 23.8 Å². The van der Waals surface area contributed by atoms with Crippen LogP contribution in [0.2, 0.25) is 0 Å². The monoisotopic (exact) mass is 1180 g/mol. The van der Waals surface area contributed by atoms with E-state index in [1.54, 1.807) is 6.08 Å². The molecule has 1 aliphatic rings. The summed E-state index contributed by atoms with van der Waals surface area (Å²) in [6.45, 7) is 4.35. The molecule has 11 nitrogen and oxygen atoms in total. The van der Waals surface area contributed by atoms with Crippen molar-refractivity contribution in [2.75, 3.05) is 19.8 Å². The van der Waals surface area contributed by atoms with Crippen molar-refractivity contribution >= 4 is 11.9 Å². The van der Waals surface area contributed by atoms with E-state index < -0.39 is 49.5 Å². The van der Waals surface area contributed by atoms with Crippen molar-refractivity contribution in [1.29, 1.82) is 0 Å². The first-order valence-electron chi connectivity index (χ1n) is 36.1. The second kappa shape index (κ2) is 61.8. The van der Waals surface area contributed by atoms with Gasteiger partial charge in [-0.1, -0.05) is 314 Å². The molecule has 490 valence electrons. The molecule has 0 aromatic rings. The molecule has 1 fully saturated rings. The third-order valence-electron chi connectivity index (χ3n) is 17.3. The molecule has 1 heterocycles. The highest BCUT2D eigenvalue weighted by Crippen LogP contribution is 2.23. The lowest BCUT2D eigenvalue weighted by Gasteiger charge is -2.40. The van der Waals surface area contributed by atoms with Gasteiger partial charge in [-0.2, -0.15) is 0 Å². The molecule has 0 aromatic heterocycles. The van der Waals surface area contributed by atoms with Gasteiger partial charge in [0, 0.05) is 12.8 Å². The fourth-order valence-electron chi connectivity index (χ4n) is 11.6. The molecule has 0 aliphatic carbocycles. The van der Waals surface area contributed by atoms with Crippen molar-refractivity contribution in [3.05, 3.63) is 24.3 Å². The molecule has 6 N–H and O–H groups in total. The van der Waals surface area contributed by atoms with E-state index in [4.69, 9.17) is 14.2 Å². The Labute approximate surface area is 511 Å². The number of ether oxygens (including phenoxy) is 3. The van der Waals surface area contributed by atoms with Crippen LogP contribution >= 0.6 is 0 Å². The molecule has 0 saturated carbocycles. The van der Waals surface area contributed by atoms with Gasteiger partial charge in [0.1, 0.15) is 24.4 Å². The maximum Gasteiger partial charge on any atom is 0.305 e. The third kappa shape index (κ3) is 50.8. The minimum atomic E-state index is -1.57. The minimum Gasteiger partial charge on any atom is -0.466 e. The second-order valence-electron chi connectivity index (χ2n) is 25.3. The van der Waals surface area contributed by atoms with Gasteiger partial charge >= 0.3 is 5.97 Å². The zero-order valence-electron chi connectivity index (χ0n) is 54.4. The summed E-state index contributed by atoms with van der Waals surface area (Å²) in [6.07, 6.45) is 67.6. The highest BCUT2D eigenvalue weighted by atomic mass is 16.7. The van der Waals surface area contributed by atoms with Gasteiger partial charge in [0.05, 0.1) is 32.0 Å². The lowest BCUT2D eigenvalue weighted by Crippen LogP contribution is -2.60. The van der Waals surface area contributed by atoms with Crippen LogP contribution in [0.25, 0.3) is 0 Å². The van der Waals surface area contributed by atoms with Gasteiger partial charge in [-0.25, -0.2) is 0 Å². The number of nitrogens with one attached hydrogen (secondary N) is 1. The Bertz CT molecular complexity index is 1430. The van der Waals surface area contributed by atoms with Crippen molar-refractivity contribution in [3.63, 3.8) is 0 Å². The lowest BCUT2D eigenvalue weighted by molar-refractivity contribution is -0.302. The average molecular weight is 1180 g/mol. The van der Waals surface area contributed by atoms with Crippen molar-refractivity contribution in [1.82, 2.24) is 5.32 Å². The Morgan fingerprint density at radius 2 is 0.771 bits per heavy atom. The summed E-state index contributed by atoms with van der Waals surface area (Å²) in [6, 6.07) is -0.805. The van der Waals surface area contributed by atoms with Gasteiger partial charge in [0.15, 0.2) is 6.29 Å². The highest BCUT2D eigenvalue weighted by molar-refractivity contribution is 5.76. The van der Waals surface area contributed by atoms with E-state index in [9.17, 15) is 35.1 Å². The summed E-state index contributed by atoms with van der Waals surface area (Å²) in [5.41, 5.74) is 0. The summed E-state index contributed by atoms with van der Waals surface area (Å²) >= 11 is 0. The first-order chi connectivity index (χ1) is 40.7. The summed E-state index contributed by atoms with van der Waals surface area (Å²) in [5.74, 6) is -0.171. The number of amides is 1. The normalized spacial score (nSPS) is 18.2. The zero-order chi connectivity index (χ0) is 60.2. The number of hydrogen-bond donors (Lipinski definition) is 6. The van der Waals surface area contributed by atoms with E-state index >= 15 is 0 Å². The predicted octanol–water partition coefficient (Wildman–Crippen LogP) is 18.4. The Morgan fingerprint density at radius 1 is 0.434 bits per heavy atom. The van der Waals surface area contributed by atoms with Crippen LogP contribution in [0.5, 0.6) is 0 Å². The lowest BCUT2D eigenvalue weighted by atomic mass is 9.99. The largest absolute Gasteiger partial charge is 0.466 e. The van der Waals surface area contributed by atoms with Crippen LogP contribution in [0.4, 0.5) is 0 Å². The van der Waals surface area contributed by atoms with Crippen molar-refractivity contribution in [2.24, 2.45) is 0 Å². The number of aliphatic hydroxyl groups is 5. The molecule has 11 heteroatoms.